The van der Waals surface area contributed by atoms with Crippen LogP contribution in [0.25, 0.3) is 0 Å². The maximum Gasteiger partial charge on any atom is 0.223 e. The van der Waals surface area contributed by atoms with Crippen molar-refractivity contribution >= 4 is 11.8 Å². The fourth-order valence-electron chi connectivity index (χ4n) is 1.70. The van der Waals surface area contributed by atoms with Gasteiger partial charge < -0.3 is 9.84 Å². The molecule has 1 N–H and O–H groups in total. The van der Waals surface area contributed by atoms with Crippen molar-refractivity contribution < 1.29 is 14.2 Å². The van der Waals surface area contributed by atoms with E-state index in [1.54, 1.807) is 30.5 Å². The number of nitrogens with zero attached hydrogens (tertiary/aromatic N) is 2. The van der Waals surface area contributed by atoms with E-state index < -0.39 is 12.1 Å². The number of methoxy groups -OCH3 is 1. The third kappa shape index (κ3) is 2.85. The van der Waals surface area contributed by atoms with Crippen LogP contribution >= 0.6 is 11.8 Å². The second-order valence-electron chi connectivity index (χ2n) is 3.75. The number of ether oxygens (including phenoxy) is 1. The molecule has 1 heterocycles. The maximum atomic E-state index is 13.8. The third-order valence-corrected chi connectivity index (χ3v) is 3.22. The van der Waals surface area contributed by atoms with Crippen molar-refractivity contribution in [3.05, 3.63) is 47.5 Å². The lowest BCUT2D eigenvalue weighted by molar-refractivity contribution is 0.207. The molecule has 0 radical (unpaired) electrons. The monoisotopic (exact) mass is 280 g/mol. The number of hydrogen-bond acceptors (Lipinski definition) is 5. The van der Waals surface area contributed by atoms with Gasteiger partial charge in [0.2, 0.25) is 5.95 Å². The van der Waals surface area contributed by atoms with Gasteiger partial charge in [0.25, 0.3) is 0 Å². The van der Waals surface area contributed by atoms with Crippen molar-refractivity contribution in [3.8, 4) is 5.75 Å². The number of aromatic nitrogens is 2. The molecule has 1 aromatic carbocycles. The molecule has 0 aliphatic carbocycles. The van der Waals surface area contributed by atoms with Gasteiger partial charge in [0, 0.05) is 11.8 Å². The molecule has 0 aliphatic heterocycles. The Morgan fingerprint density at radius 3 is 2.68 bits per heavy atom. The number of aliphatic hydroxyl groups excluding tert-OH is 1. The number of para-hydroxylation sites is 1. The molecule has 1 atom stereocenters. The van der Waals surface area contributed by atoms with Crippen LogP contribution in [0.4, 0.5) is 4.39 Å². The number of halogens is 1. The second kappa shape index (κ2) is 5.99. The van der Waals surface area contributed by atoms with Crippen LogP contribution in [0.5, 0.6) is 5.75 Å². The minimum absolute atomic E-state index is 0.0299. The Morgan fingerprint density at radius 2 is 2.05 bits per heavy atom. The van der Waals surface area contributed by atoms with Gasteiger partial charge in [-0.1, -0.05) is 30.0 Å². The van der Waals surface area contributed by atoms with Crippen molar-refractivity contribution in [3.63, 3.8) is 0 Å². The molecule has 4 nitrogen and oxygen atoms in total. The van der Waals surface area contributed by atoms with Gasteiger partial charge in [-0.05, 0) is 12.3 Å². The fraction of sp³-hybridized carbons (Fsp3) is 0.231. The molecule has 0 saturated heterocycles. The van der Waals surface area contributed by atoms with Gasteiger partial charge in [-0.15, -0.1) is 0 Å². The van der Waals surface area contributed by atoms with Gasteiger partial charge in [0.05, 0.1) is 12.7 Å². The Hall–Kier alpha value is -1.66. The normalized spacial score (nSPS) is 12.2. The van der Waals surface area contributed by atoms with E-state index in [1.165, 1.54) is 25.1 Å². The first-order valence-corrected chi connectivity index (χ1v) is 6.77. The first-order valence-electron chi connectivity index (χ1n) is 5.54. The summed E-state index contributed by atoms with van der Waals surface area (Å²) in [6, 6.07) is 6.90. The van der Waals surface area contributed by atoms with E-state index in [4.69, 9.17) is 4.74 Å². The molecule has 0 spiro atoms. The summed E-state index contributed by atoms with van der Waals surface area (Å²) in [5.74, 6) is -0.235. The van der Waals surface area contributed by atoms with E-state index in [9.17, 15) is 9.50 Å². The summed E-state index contributed by atoms with van der Waals surface area (Å²) < 4.78 is 19.0. The van der Waals surface area contributed by atoms with Crippen LogP contribution < -0.4 is 4.74 Å². The lowest BCUT2D eigenvalue weighted by atomic mass is 10.0. The van der Waals surface area contributed by atoms with E-state index in [2.05, 4.69) is 9.97 Å². The van der Waals surface area contributed by atoms with Crippen molar-refractivity contribution in [1.82, 2.24) is 9.97 Å². The molecular formula is C13H13FN2O2S. The highest BCUT2D eigenvalue weighted by Gasteiger charge is 2.20. The van der Waals surface area contributed by atoms with Gasteiger partial charge in [-0.3, -0.25) is 0 Å². The Balaban J connectivity index is 2.41. The fourth-order valence-corrected chi connectivity index (χ4v) is 2.03. The van der Waals surface area contributed by atoms with Gasteiger partial charge in [0.1, 0.15) is 11.9 Å². The lowest BCUT2D eigenvalue weighted by Gasteiger charge is -2.15. The quantitative estimate of drug-likeness (QED) is 0.529. The first-order chi connectivity index (χ1) is 9.17. The Kier molecular flexibility index (Phi) is 4.34. The van der Waals surface area contributed by atoms with E-state index in [1.807, 2.05) is 0 Å². The van der Waals surface area contributed by atoms with Crippen LogP contribution in [0.2, 0.25) is 0 Å². The predicted octanol–water partition coefficient (Wildman–Crippen LogP) is 2.43. The Bertz CT molecular complexity index is 580. The maximum absolute atomic E-state index is 13.8. The molecule has 1 aromatic heterocycles. The lowest BCUT2D eigenvalue weighted by Crippen LogP contribution is -2.07. The molecule has 0 amide bonds. The number of hydrogen-bond donors (Lipinski definition) is 1. The zero-order chi connectivity index (χ0) is 13.8. The zero-order valence-corrected chi connectivity index (χ0v) is 11.3. The van der Waals surface area contributed by atoms with Crippen molar-refractivity contribution in [1.29, 1.82) is 0 Å². The van der Waals surface area contributed by atoms with Crippen LogP contribution in [-0.4, -0.2) is 28.4 Å². The molecule has 6 heteroatoms. The smallest absolute Gasteiger partial charge is 0.223 e. The molecule has 1 unspecified atom stereocenters. The molecule has 19 heavy (non-hydrogen) atoms. The van der Waals surface area contributed by atoms with Gasteiger partial charge in [0.15, 0.2) is 5.16 Å². The zero-order valence-electron chi connectivity index (χ0n) is 10.5. The number of benzene rings is 1. The van der Waals surface area contributed by atoms with E-state index in [0.717, 1.165) is 0 Å². The summed E-state index contributed by atoms with van der Waals surface area (Å²) in [4.78, 5) is 7.65. The number of rotatable bonds is 4. The minimum atomic E-state index is -1.16. The highest BCUT2D eigenvalue weighted by Crippen LogP contribution is 2.30. The SMILES string of the molecule is COc1ccccc1C(O)c1cnc(SC)nc1F. The summed E-state index contributed by atoms with van der Waals surface area (Å²) in [6.07, 6.45) is 1.89. The van der Waals surface area contributed by atoms with Crippen LogP contribution in [0.1, 0.15) is 17.2 Å². The van der Waals surface area contributed by atoms with Gasteiger partial charge in [-0.25, -0.2) is 4.98 Å². The average Bonchev–Trinajstić information content (AvgIpc) is 2.46. The summed E-state index contributed by atoms with van der Waals surface area (Å²) in [5, 5.41) is 10.6. The van der Waals surface area contributed by atoms with Gasteiger partial charge in [-0.2, -0.15) is 9.37 Å². The molecule has 100 valence electrons. The highest BCUT2D eigenvalue weighted by atomic mass is 32.2. The minimum Gasteiger partial charge on any atom is -0.496 e. The summed E-state index contributed by atoms with van der Waals surface area (Å²) in [7, 11) is 1.50. The van der Waals surface area contributed by atoms with Crippen LogP contribution in [-0.2, 0) is 0 Å². The molecule has 2 aromatic rings. The summed E-state index contributed by atoms with van der Waals surface area (Å²) >= 11 is 1.24. The second-order valence-corrected chi connectivity index (χ2v) is 4.52. The summed E-state index contributed by atoms with van der Waals surface area (Å²) in [5.41, 5.74) is 0.506. The molecule has 0 fully saturated rings. The van der Waals surface area contributed by atoms with E-state index in [0.29, 0.717) is 16.5 Å². The largest absolute Gasteiger partial charge is 0.496 e. The topological polar surface area (TPSA) is 55.2 Å². The van der Waals surface area contributed by atoms with E-state index >= 15 is 0 Å². The predicted molar refractivity (Wildman–Crippen MR) is 70.8 cm³/mol. The number of thioether (sulfide) groups is 1. The van der Waals surface area contributed by atoms with Crippen molar-refractivity contribution in [2.75, 3.05) is 13.4 Å². The summed E-state index contributed by atoms with van der Waals surface area (Å²) in [6.45, 7) is 0. The average molecular weight is 280 g/mol. The van der Waals surface area contributed by atoms with Gasteiger partial charge >= 0.3 is 0 Å². The standard InChI is InChI=1S/C13H13FN2O2S/c1-18-10-6-4-3-5-8(10)11(17)9-7-15-13(19-2)16-12(9)14/h3-7,11,17H,1-2H3. The van der Waals surface area contributed by atoms with Crippen molar-refractivity contribution in [2.24, 2.45) is 0 Å². The molecule has 0 bridgehead atoms. The van der Waals surface area contributed by atoms with Crippen LogP contribution in [0, 0.1) is 5.95 Å². The molecule has 2 rings (SSSR count). The number of aliphatic hydroxyl groups is 1. The Morgan fingerprint density at radius 1 is 1.32 bits per heavy atom. The Labute approximate surface area is 114 Å². The molecule has 0 aliphatic rings. The van der Waals surface area contributed by atoms with Crippen molar-refractivity contribution in [2.45, 2.75) is 11.3 Å². The highest BCUT2D eigenvalue weighted by molar-refractivity contribution is 7.98. The van der Waals surface area contributed by atoms with E-state index in [-0.39, 0.29) is 5.56 Å². The van der Waals surface area contributed by atoms with Crippen LogP contribution in [0.3, 0.4) is 0 Å². The first kappa shape index (κ1) is 13.8. The molecule has 0 saturated carbocycles. The third-order valence-electron chi connectivity index (χ3n) is 2.66. The molecular weight excluding hydrogens is 267 g/mol. The van der Waals surface area contributed by atoms with Crippen LogP contribution in [0.15, 0.2) is 35.6 Å².